The highest BCUT2D eigenvalue weighted by Crippen LogP contribution is 2.28. The molecule has 0 saturated heterocycles. The summed E-state index contributed by atoms with van der Waals surface area (Å²) < 4.78 is 10.5. The number of nitrogens with zero attached hydrogens (tertiary/aromatic N) is 2. The molecule has 28 heavy (non-hydrogen) atoms. The second-order valence-electron chi connectivity index (χ2n) is 6.49. The third kappa shape index (κ3) is 4.76. The Kier molecular flexibility index (Phi) is 6.77. The molecule has 1 heterocycles. The van der Waals surface area contributed by atoms with Crippen LogP contribution in [0.25, 0.3) is 0 Å². The van der Waals surface area contributed by atoms with Crippen LogP contribution in [0.15, 0.2) is 29.3 Å². The van der Waals surface area contributed by atoms with Gasteiger partial charge in [-0.1, -0.05) is 17.8 Å². The van der Waals surface area contributed by atoms with Crippen LogP contribution in [0.2, 0.25) is 0 Å². The standard InChI is InChI=1S/C21H23N3O3S/c1-26-18-7-6-14(10-19(18)27-2)8-9-23-20(25)13-28-21-16(12-22)11-15-4-3-5-17(15)24-21/h6-7,10-11H,3-5,8-9,13H2,1-2H3,(H,23,25). The predicted molar refractivity (Wildman–Crippen MR) is 108 cm³/mol. The number of amides is 1. The molecule has 0 saturated carbocycles. The van der Waals surface area contributed by atoms with Crippen molar-refractivity contribution >= 4 is 17.7 Å². The average molecular weight is 398 g/mol. The summed E-state index contributed by atoms with van der Waals surface area (Å²) in [5, 5.41) is 12.9. The van der Waals surface area contributed by atoms with Gasteiger partial charge in [0, 0.05) is 12.2 Å². The van der Waals surface area contributed by atoms with Crippen molar-refractivity contribution in [2.45, 2.75) is 30.7 Å². The van der Waals surface area contributed by atoms with Crippen molar-refractivity contribution in [3.05, 3.63) is 46.6 Å². The number of fused-ring (bicyclic) bond motifs is 1. The van der Waals surface area contributed by atoms with Gasteiger partial charge in [0.25, 0.3) is 0 Å². The molecule has 0 fully saturated rings. The maximum Gasteiger partial charge on any atom is 0.230 e. The molecule has 1 aromatic heterocycles. The Morgan fingerprint density at radius 1 is 1.25 bits per heavy atom. The molecule has 6 nitrogen and oxygen atoms in total. The predicted octanol–water partition coefficient (Wildman–Crippen LogP) is 2.91. The summed E-state index contributed by atoms with van der Waals surface area (Å²) in [7, 11) is 3.20. The van der Waals surface area contributed by atoms with Crippen molar-refractivity contribution in [1.29, 1.82) is 5.26 Å². The molecule has 3 rings (SSSR count). The van der Waals surface area contributed by atoms with Crippen molar-refractivity contribution in [3.8, 4) is 17.6 Å². The van der Waals surface area contributed by atoms with Crippen LogP contribution in [-0.4, -0.2) is 37.4 Å². The zero-order valence-corrected chi connectivity index (χ0v) is 16.9. The quantitative estimate of drug-likeness (QED) is 0.690. The highest BCUT2D eigenvalue weighted by Gasteiger charge is 2.17. The molecule has 146 valence electrons. The molecule has 1 aliphatic carbocycles. The second kappa shape index (κ2) is 9.47. The first-order chi connectivity index (χ1) is 13.6. The third-order valence-corrected chi connectivity index (χ3v) is 5.65. The normalized spacial score (nSPS) is 12.2. The van der Waals surface area contributed by atoms with Crippen LogP contribution in [0.4, 0.5) is 0 Å². The number of aromatic nitrogens is 1. The second-order valence-corrected chi connectivity index (χ2v) is 7.45. The molecule has 0 unspecified atom stereocenters. The Balaban J connectivity index is 1.50. The minimum atomic E-state index is -0.0725. The first-order valence-corrected chi connectivity index (χ1v) is 10.2. The molecule has 7 heteroatoms. The Bertz CT molecular complexity index is 908. The largest absolute Gasteiger partial charge is 0.493 e. The van der Waals surface area contributed by atoms with Crippen molar-refractivity contribution in [2.24, 2.45) is 0 Å². The molecule has 1 aliphatic rings. The fourth-order valence-electron chi connectivity index (χ4n) is 3.21. The van der Waals surface area contributed by atoms with Crippen LogP contribution in [0.5, 0.6) is 11.5 Å². The van der Waals surface area contributed by atoms with Crippen molar-refractivity contribution in [2.75, 3.05) is 26.5 Å². The van der Waals surface area contributed by atoms with Gasteiger partial charge in [-0.15, -0.1) is 0 Å². The Hall–Kier alpha value is -2.72. The molecule has 0 radical (unpaired) electrons. The van der Waals surface area contributed by atoms with Crippen LogP contribution in [0, 0.1) is 11.3 Å². The van der Waals surface area contributed by atoms with Gasteiger partial charge in [-0.2, -0.15) is 5.26 Å². The fourth-order valence-corrected chi connectivity index (χ4v) is 4.02. The summed E-state index contributed by atoms with van der Waals surface area (Å²) in [4.78, 5) is 16.8. The van der Waals surface area contributed by atoms with Gasteiger partial charge in [0.15, 0.2) is 11.5 Å². The third-order valence-electron chi connectivity index (χ3n) is 4.66. The van der Waals surface area contributed by atoms with Crippen LogP contribution >= 0.6 is 11.8 Å². The highest BCUT2D eigenvalue weighted by molar-refractivity contribution is 8.00. The first kappa shape index (κ1) is 20.0. The summed E-state index contributed by atoms with van der Waals surface area (Å²) >= 11 is 1.32. The number of benzene rings is 1. The van der Waals surface area contributed by atoms with Crippen LogP contribution in [0.3, 0.4) is 0 Å². The zero-order valence-electron chi connectivity index (χ0n) is 16.1. The number of pyridine rings is 1. The van der Waals surface area contributed by atoms with E-state index in [2.05, 4.69) is 16.4 Å². The van der Waals surface area contributed by atoms with Crippen LogP contribution in [0.1, 0.15) is 28.8 Å². The van der Waals surface area contributed by atoms with Gasteiger partial charge >= 0.3 is 0 Å². The molecule has 0 bridgehead atoms. The van der Waals surface area contributed by atoms with E-state index in [1.807, 2.05) is 24.3 Å². The molecule has 0 atom stereocenters. The summed E-state index contributed by atoms with van der Waals surface area (Å²) in [5.41, 5.74) is 3.84. The topological polar surface area (TPSA) is 84.2 Å². The summed E-state index contributed by atoms with van der Waals surface area (Å²) in [6.45, 7) is 0.525. The molecule has 2 aromatic rings. The minimum Gasteiger partial charge on any atom is -0.493 e. The van der Waals surface area contributed by atoms with Crippen molar-refractivity contribution in [1.82, 2.24) is 10.3 Å². The van der Waals surface area contributed by atoms with E-state index in [4.69, 9.17) is 9.47 Å². The lowest BCUT2D eigenvalue weighted by atomic mass is 10.1. The van der Waals surface area contributed by atoms with E-state index in [1.165, 1.54) is 17.3 Å². The molecule has 0 spiro atoms. The number of hydrogen-bond acceptors (Lipinski definition) is 6. The lowest BCUT2D eigenvalue weighted by Crippen LogP contribution is -2.27. The van der Waals surface area contributed by atoms with Gasteiger partial charge in [-0.25, -0.2) is 4.98 Å². The maximum atomic E-state index is 12.2. The highest BCUT2D eigenvalue weighted by atomic mass is 32.2. The van der Waals surface area contributed by atoms with E-state index < -0.39 is 0 Å². The van der Waals surface area contributed by atoms with E-state index in [0.717, 1.165) is 30.5 Å². The molecule has 1 aromatic carbocycles. The minimum absolute atomic E-state index is 0.0725. The van der Waals surface area contributed by atoms with Crippen LogP contribution in [-0.2, 0) is 24.1 Å². The summed E-state index contributed by atoms with van der Waals surface area (Å²) in [5.74, 6) is 1.53. The number of hydrogen-bond donors (Lipinski definition) is 1. The van der Waals surface area contributed by atoms with E-state index in [1.54, 1.807) is 14.2 Å². The van der Waals surface area contributed by atoms with E-state index >= 15 is 0 Å². The number of ether oxygens (including phenoxy) is 2. The number of nitriles is 1. The van der Waals surface area contributed by atoms with E-state index in [-0.39, 0.29) is 11.7 Å². The SMILES string of the molecule is COc1ccc(CCNC(=O)CSc2nc3c(cc2C#N)CCC3)cc1OC. The number of aryl methyl sites for hydroxylation is 2. The van der Waals surface area contributed by atoms with E-state index in [0.29, 0.717) is 35.1 Å². The van der Waals surface area contributed by atoms with Crippen molar-refractivity contribution < 1.29 is 14.3 Å². The summed E-state index contributed by atoms with van der Waals surface area (Å²) in [6.07, 6.45) is 3.71. The van der Waals surface area contributed by atoms with Gasteiger partial charge in [0.05, 0.1) is 25.5 Å². The number of thioether (sulfide) groups is 1. The van der Waals surface area contributed by atoms with Gasteiger partial charge in [0.1, 0.15) is 11.1 Å². The number of carbonyl (C=O) groups excluding carboxylic acids is 1. The molecule has 1 N–H and O–H groups in total. The van der Waals surface area contributed by atoms with Gasteiger partial charge in [-0.3, -0.25) is 4.79 Å². The lowest BCUT2D eigenvalue weighted by molar-refractivity contribution is -0.118. The number of methoxy groups -OCH3 is 2. The Morgan fingerprint density at radius 2 is 2.07 bits per heavy atom. The zero-order chi connectivity index (χ0) is 19.9. The molecule has 0 aliphatic heterocycles. The first-order valence-electron chi connectivity index (χ1n) is 9.18. The van der Waals surface area contributed by atoms with Gasteiger partial charge in [0.2, 0.25) is 5.91 Å². The average Bonchev–Trinajstić information content (AvgIpc) is 3.18. The van der Waals surface area contributed by atoms with Crippen LogP contribution < -0.4 is 14.8 Å². The summed E-state index contributed by atoms with van der Waals surface area (Å²) in [6, 6.07) is 9.84. The van der Waals surface area contributed by atoms with Gasteiger partial charge < -0.3 is 14.8 Å². The Morgan fingerprint density at radius 3 is 2.82 bits per heavy atom. The Labute approximate surface area is 169 Å². The maximum absolute atomic E-state index is 12.2. The molecular weight excluding hydrogens is 374 g/mol. The number of nitrogens with one attached hydrogen (secondary N) is 1. The van der Waals surface area contributed by atoms with E-state index in [9.17, 15) is 10.1 Å². The molecular formula is C21H23N3O3S. The van der Waals surface area contributed by atoms with Crippen molar-refractivity contribution in [3.63, 3.8) is 0 Å². The number of carbonyl (C=O) groups is 1. The molecule has 1 amide bonds. The monoisotopic (exact) mass is 397 g/mol. The number of rotatable bonds is 8. The fraction of sp³-hybridized carbons (Fsp3) is 0.381. The lowest BCUT2D eigenvalue weighted by Gasteiger charge is -2.10. The smallest absolute Gasteiger partial charge is 0.230 e. The van der Waals surface area contributed by atoms with Gasteiger partial charge in [-0.05, 0) is 55.0 Å².